The minimum Gasteiger partial charge on any atom is -0.279 e. The van der Waals surface area contributed by atoms with Crippen molar-refractivity contribution in [2.24, 2.45) is 0 Å². The number of fused-ring (bicyclic) bond motifs is 1. The van der Waals surface area contributed by atoms with Crippen LogP contribution >= 0.6 is 22.9 Å². The van der Waals surface area contributed by atoms with E-state index < -0.39 is 10.0 Å². The Bertz CT molecular complexity index is 1710. The van der Waals surface area contributed by atoms with Crippen molar-refractivity contribution >= 4 is 59.9 Å². The first-order chi connectivity index (χ1) is 18.3. The molecule has 5 rings (SSSR count). The average Bonchev–Trinajstić information content (AvgIpc) is 3.39. The molecule has 0 aliphatic heterocycles. The van der Waals surface area contributed by atoms with Crippen molar-refractivity contribution in [2.75, 3.05) is 16.3 Å². The van der Waals surface area contributed by atoms with Gasteiger partial charge in [0.2, 0.25) is 0 Å². The minimum atomic E-state index is -3.80. The van der Waals surface area contributed by atoms with Gasteiger partial charge in [-0.15, -0.1) is 0 Å². The summed E-state index contributed by atoms with van der Waals surface area (Å²) >= 11 is 7.72. The number of halogens is 1. The van der Waals surface area contributed by atoms with Crippen molar-refractivity contribution in [1.29, 1.82) is 0 Å². The highest BCUT2D eigenvalue weighted by atomic mass is 35.5. The number of hydrogen-bond acceptors (Lipinski definition) is 5. The van der Waals surface area contributed by atoms with Crippen LogP contribution in [-0.4, -0.2) is 26.4 Å². The zero-order valence-electron chi connectivity index (χ0n) is 20.7. The molecule has 4 aromatic carbocycles. The third-order valence-corrected chi connectivity index (χ3v) is 9.53. The Balaban J connectivity index is 1.49. The Morgan fingerprint density at radius 3 is 2.18 bits per heavy atom. The molecule has 0 bridgehead atoms. The van der Waals surface area contributed by atoms with Crippen LogP contribution in [0.1, 0.15) is 21.5 Å². The van der Waals surface area contributed by atoms with Gasteiger partial charge in [-0.25, -0.2) is 13.4 Å². The van der Waals surface area contributed by atoms with E-state index in [-0.39, 0.29) is 10.8 Å². The van der Waals surface area contributed by atoms with Crippen LogP contribution in [-0.2, 0) is 16.6 Å². The van der Waals surface area contributed by atoms with Crippen LogP contribution in [0.25, 0.3) is 10.2 Å². The van der Waals surface area contributed by atoms with Gasteiger partial charge in [-0.2, -0.15) is 0 Å². The lowest BCUT2D eigenvalue weighted by atomic mass is 10.1. The summed E-state index contributed by atoms with van der Waals surface area (Å²) in [7, 11) is -2.29. The Kier molecular flexibility index (Phi) is 7.21. The molecule has 0 N–H and O–H groups in total. The van der Waals surface area contributed by atoms with E-state index in [0.717, 1.165) is 21.3 Å². The van der Waals surface area contributed by atoms with E-state index in [1.165, 1.54) is 34.8 Å². The molecular weight excluding hydrogens is 538 g/mol. The monoisotopic (exact) mass is 561 g/mol. The van der Waals surface area contributed by atoms with E-state index in [0.29, 0.717) is 27.9 Å². The molecular formula is C29H24ClN3O3S2. The molecule has 6 nitrogen and oxygen atoms in total. The van der Waals surface area contributed by atoms with Crippen molar-refractivity contribution in [3.63, 3.8) is 0 Å². The molecule has 1 aromatic heterocycles. The van der Waals surface area contributed by atoms with Crippen LogP contribution in [0.4, 0.5) is 10.8 Å². The predicted octanol–water partition coefficient (Wildman–Crippen LogP) is 6.93. The average molecular weight is 562 g/mol. The molecule has 0 unspecified atom stereocenters. The highest BCUT2D eigenvalue weighted by Crippen LogP contribution is 2.35. The molecule has 0 radical (unpaired) electrons. The van der Waals surface area contributed by atoms with E-state index in [2.05, 4.69) is 0 Å². The summed E-state index contributed by atoms with van der Waals surface area (Å²) in [5, 5.41) is 1.16. The second-order valence-corrected chi connectivity index (χ2v) is 12.1. The van der Waals surface area contributed by atoms with Crippen LogP contribution in [0.3, 0.4) is 0 Å². The summed E-state index contributed by atoms with van der Waals surface area (Å²) in [6.45, 7) is 2.21. The fourth-order valence-electron chi connectivity index (χ4n) is 4.06. The first-order valence-corrected chi connectivity index (χ1v) is 14.4. The minimum absolute atomic E-state index is 0.0975. The third-order valence-electron chi connectivity index (χ3n) is 6.28. The zero-order valence-corrected chi connectivity index (χ0v) is 23.1. The van der Waals surface area contributed by atoms with Crippen molar-refractivity contribution in [3.05, 3.63) is 119 Å². The first-order valence-electron chi connectivity index (χ1n) is 11.8. The highest BCUT2D eigenvalue weighted by molar-refractivity contribution is 7.92. The molecule has 0 saturated carbocycles. The summed E-state index contributed by atoms with van der Waals surface area (Å²) < 4.78 is 28.5. The lowest BCUT2D eigenvalue weighted by molar-refractivity contribution is 0.0985. The smallest absolute Gasteiger partial charge is 0.264 e. The van der Waals surface area contributed by atoms with Gasteiger partial charge < -0.3 is 0 Å². The number of anilines is 2. The second-order valence-electron chi connectivity index (χ2n) is 8.72. The number of aromatic nitrogens is 1. The maximum Gasteiger partial charge on any atom is 0.264 e. The van der Waals surface area contributed by atoms with Gasteiger partial charge in [0.1, 0.15) is 0 Å². The number of hydrogen-bond donors (Lipinski definition) is 0. The standard InChI is InChI=1S/C29H24ClN3O3S2/c1-20-25(30)17-18-26-27(20)31-29(37-26)33(19-21-9-5-3-6-10-21)28(34)22-13-15-24(16-14-22)38(35,36)32(2)23-11-7-4-8-12-23/h3-18H,19H2,1-2H3. The summed E-state index contributed by atoms with van der Waals surface area (Å²) in [4.78, 5) is 20.3. The topological polar surface area (TPSA) is 70.6 Å². The van der Waals surface area contributed by atoms with Gasteiger partial charge in [-0.05, 0) is 66.6 Å². The third kappa shape index (κ3) is 5.03. The molecule has 5 aromatic rings. The zero-order chi connectivity index (χ0) is 26.9. The number of amides is 1. The van der Waals surface area contributed by atoms with Gasteiger partial charge in [0.15, 0.2) is 5.13 Å². The molecule has 192 valence electrons. The molecule has 0 aliphatic rings. The predicted molar refractivity (Wildman–Crippen MR) is 155 cm³/mol. The molecule has 9 heteroatoms. The molecule has 0 saturated heterocycles. The van der Waals surface area contributed by atoms with Crippen LogP contribution < -0.4 is 9.21 Å². The normalized spacial score (nSPS) is 11.4. The van der Waals surface area contributed by atoms with Crippen molar-refractivity contribution < 1.29 is 13.2 Å². The highest BCUT2D eigenvalue weighted by Gasteiger charge is 2.25. The maximum atomic E-state index is 13.8. The largest absolute Gasteiger partial charge is 0.279 e. The number of nitrogens with zero attached hydrogens (tertiary/aromatic N) is 3. The molecule has 1 amide bonds. The van der Waals surface area contributed by atoms with E-state index in [4.69, 9.17) is 16.6 Å². The Hall–Kier alpha value is -3.72. The van der Waals surface area contributed by atoms with Gasteiger partial charge in [0, 0.05) is 17.6 Å². The molecule has 0 spiro atoms. The molecule has 0 aliphatic carbocycles. The summed E-state index contributed by atoms with van der Waals surface area (Å²) in [6, 6.07) is 28.2. The van der Waals surface area contributed by atoms with E-state index in [1.807, 2.05) is 55.5 Å². The first kappa shape index (κ1) is 25.9. The van der Waals surface area contributed by atoms with Gasteiger partial charge in [-0.1, -0.05) is 71.5 Å². The molecule has 1 heterocycles. The number of thiazole rings is 1. The maximum absolute atomic E-state index is 13.8. The number of benzene rings is 4. The van der Waals surface area contributed by atoms with Gasteiger partial charge in [0.05, 0.1) is 27.3 Å². The van der Waals surface area contributed by atoms with Crippen LogP contribution in [0, 0.1) is 6.92 Å². The fourth-order valence-corrected chi connectivity index (χ4v) is 6.43. The molecule has 0 fully saturated rings. The van der Waals surface area contributed by atoms with Crippen LogP contribution in [0.15, 0.2) is 102 Å². The number of carbonyl (C=O) groups is 1. The quantitative estimate of drug-likeness (QED) is 0.216. The van der Waals surface area contributed by atoms with Crippen molar-refractivity contribution in [1.82, 2.24) is 4.98 Å². The lowest BCUT2D eigenvalue weighted by Crippen LogP contribution is -2.30. The Labute approximate surface area is 230 Å². The summed E-state index contributed by atoms with van der Waals surface area (Å²) in [5.74, 6) is -0.281. The van der Waals surface area contributed by atoms with Crippen molar-refractivity contribution in [3.8, 4) is 0 Å². The van der Waals surface area contributed by atoms with E-state index in [1.54, 1.807) is 41.3 Å². The molecule has 38 heavy (non-hydrogen) atoms. The van der Waals surface area contributed by atoms with E-state index in [9.17, 15) is 13.2 Å². The van der Waals surface area contributed by atoms with Gasteiger partial charge in [-0.3, -0.25) is 14.0 Å². The molecule has 0 atom stereocenters. The van der Waals surface area contributed by atoms with Crippen molar-refractivity contribution in [2.45, 2.75) is 18.4 Å². The number of rotatable bonds is 7. The number of sulfonamides is 1. The van der Waals surface area contributed by atoms with Gasteiger partial charge in [0.25, 0.3) is 15.9 Å². The second kappa shape index (κ2) is 10.6. The van der Waals surface area contributed by atoms with E-state index >= 15 is 0 Å². The number of para-hydroxylation sites is 1. The Morgan fingerprint density at radius 1 is 0.895 bits per heavy atom. The fraction of sp³-hybridized carbons (Fsp3) is 0.103. The van der Waals surface area contributed by atoms with Crippen LogP contribution in [0.5, 0.6) is 0 Å². The summed E-state index contributed by atoms with van der Waals surface area (Å²) in [6.07, 6.45) is 0. The SMILES string of the molecule is Cc1c(Cl)ccc2sc(N(Cc3ccccc3)C(=O)c3ccc(S(=O)(=O)N(C)c4ccccc4)cc3)nc12. The number of aryl methyl sites for hydroxylation is 1. The number of carbonyl (C=O) groups excluding carboxylic acids is 1. The lowest BCUT2D eigenvalue weighted by Gasteiger charge is -2.21. The van der Waals surface area contributed by atoms with Gasteiger partial charge >= 0.3 is 0 Å². The summed E-state index contributed by atoms with van der Waals surface area (Å²) in [5.41, 5.74) is 3.47. The Morgan fingerprint density at radius 2 is 1.53 bits per heavy atom. The van der Waals surface area contributed by atoms with Crippen LogP contribution in [0.2, 0.25) is 5.02 Å².